The Labute approximate surface area is 91.3 Å². The maximum absolute atomic E-state index is 4.38. The Morgan fingerprint density at radius 3 is 2.87 bits per heavy atom. The van der Waals surface area contributed by atoms with E-state index in [0.29, 0.717) is 11.5 Å². The lowest BCUT2D eigenvalue weighted by Crippen LogP contribution is -2.31. The van der Waals surface area contributed by atoms with E-state index in [9.17, 15) is 0 Å². The molecule has 1 unspecified atom stereocenters. The van der Waals surface area contributed by atoms with E-state index in [1.54, 1.807) is 0 Å². The van der Waals surface area contributed by atoms with E-state index in [0.717, 1.165) is 11.6 Å². The zero-order chi connectivity index (χ0) is 10.9. The number of aromatic nitrogens is 2. The minimum Gasteiger partial charge on any atom is -0.367 e. The van der Waals surface area contributed by atoms with Crippen LogP contribution in [0.2, 0.25) is 0 Å². The van der Waals surface area contributed by atoms with Crippen LogP contribution in [-0.4, -0.2) is 16.0 Å². The third-order valence-electron chi connectivity index (χ3n) is 3.36. The minimum absolute atomic E-state index is 0.388. The molecule has 0 saturated heterocycles. The van der Waals surface area contributed by atoms with Crippen molar-refractivity contribution in [2.24, 2.45) is 5.41 Å². The molecule has 0 radical (unpaired) electrons. The van der Waals surface area contributed by atoms with Gasteiger partial charge in [-0.1, -0.05) is 20.3 Å². The fourth-order valence-corrected chi connectivity index (χ4v) is 2.31. The number of nitrogens with one attached hydrogen (secondary N) is 1. The van der Waals surface area contributed by atoms with E-state index in [1.165, 1.54) is 19.3 Å². The van der Waals surface area contributed by atoms with Crippen molar-refractivity contribution in [2.75, 3.05) is 5.32 Å². The van der Waals surface area contributed by atoms with Gasteiger partial charge in [-0.2, -0.15) is 0 Å². The molecular weight excluding hydrogens is 186 g/mol. The Kier molecular flexibility index (Phi) is 2.63. The lowest BCUT2D eigenvalue weighted by atomic mass is 9.87. The smallest absolute Gasteiger partial charge is 0.129 e. The molecule has 1 N–H and O–H groups in total. The van der Waals surface area contributed by atoms with E-state index < -0.39 is 0 Å². The highest BCUT2D eigenvalue weighted by atomic mass is 15.1. The topological polar surface area (TPSA) is 37.8 Å². The highest BCUT2D eigenvalue weighted by Crippen LogP contribution is 2.38. The molecule has 1 heterocycles. The van der Waals surface area contributed by atoms with Gasteiger partial charge < -0.3 is 5.32 Å². The van der Waals surface area contributed by atoms with E-state index >= 15 is 0 Å². The summed E-state index contributed by atoms with van der Waals surface area (Å²) in [6, 6.07) is 2.49. The Bertz CT molecular complexity index is 346. The van der Waals surface area contributed by atoms with Gasteiger partial charge in [-0.25, -0.2) is 9.97 Å². The van der Waals surface area contributed by atoms with Gasteiger partial charge in [0.2, 0.25) is 0 Å². The second-order valence-corrected chi connectivity index (χ2v) is 5.07. The number of nitrogens with zero attached hydrogens (tertiary/aromatic N) is 2. The molecule has 1 aromatic rings. The quantitative estimate of drug-likeness (QED) is 0.806. The van der Waals surface area contributed by atoms with Gasteiger partial charge in [0.25, 0.3) is 0 Å². The molecule has 0 amide bonds. The van der Waals surface area contributed by atoms with E-state index in [4.69, 9.17) is 0 Å². The average molecular weight is 205 g/mol. The van der Waals surface area contributed by atoms with E-state index in [1.807, 2.05) is 19.2 Å². The van der Waals surface area contributed by atoms with Gasteiger partial charge in [0.05, 0.1) is 0 Å². The molecule has 1 fully saturated rings. The molecule has 1 aliphatic rings. The molecule has 0 aromatic carbocycles. The Balaban J connectivity index is 2.09. The highest BCUT2D eigenvalue weighted by Gasteiger charge is 2.34. The van der Waals surface area contributed by atoms with Gasteiger partial charge in [-0.3, -0.25) is 0 Å². The molecule has 0 bridgehead atoms. The van der Waals surface area contributed by atoms with Crippen molar-refractivity contribution in [3.63, 3.8) is 0 Å². The highest BCUT2D eigenvalue weighted by molar-refractivity contribution is 5.35. The molecular formula is C12H19N3. The van der Waals surface area contributed by atoms with Crippen molar-refractivity contribution in [1.29, 1.82) is 0 Å². The van der Waals surface area contributed by atoms with Crippen LogP contribution in [0.5, 0.6) is 0 Å². The fourth-order valence-electron chi connectivity index (χ4n) is 2.31. The van der Waals surface area contributed by atoms with Gasteiger partial charge in [0, 0.05) is 12.2 Å². The summed E-state index contributed by atoms with van der Waals surface area (Å²) in [6.07, 6.45) is 5.67. The Morgan fingerprint density at radius 2 is 2.27 bits per heavy atom. The number of aryl methyl sites for hydroxylation is 1. The fraction of sp³-hybridized carbons (Fsp3) is 0.667. The number of rotatable bonds is 2. The number of hydrogen-bond acceptors (Lipinski definition) is 3. The largest absolute Gasteiger partial charge is 0.367 e. The third-order valence-corrected chi connectivity index (χ3v) is 3.36. The number of hydrogen-bond donors (Lipinski definition) is 1. The maximum Gasteiger partial charge on any atom is 0.129 e. The standard InChI is InChI=1S/C12H19N3/c1-9-13-8-6-11(14-9)15-10-5-4-7-12(10,2)3/h6,8,10H,4-5,7H2,1-3H3,(H,13,14,15). The maximum atomic E-state index is 4.38. The lowest BCUT2D eigenvalue weighted by Gasteiger charge is -2.28. The van der Waals surface area contributed by atoms with Gasteiger partial charge in [-0.05, 0) is 31.2 Å². The van der Waals surface area contributed by atoms with Crippen LogP contribution in [0.25, 0.3) is 0 Å². The predicted octanol–water partition coefficient (Wildman–Crippen LogP) is 2.78. The summed E-state index contributed by atoms with van der Waals surface area (Å²) >= 11 is 0. The molecule has 82 valence electrons. The van der Waals surface area contributed by atoms with Crippen molar-refractivity contribution in [3.8, 4) is 0 Å². The summed E-state index contributed by atoms with van der Waals surface area (Å²) in [6.45, 7) is 6.57. The second-order valence-electron chi connectivity index (χ2n) is 5.07. The van der Waals surface area contributed by atoms with E-state index in [2.05, 4.69) is 29.1 Å². The van der Waals surface area contributed by atoms with Crippen LogP contribution in [0, 0.1) is 12.3 Å². The normalized spacial score (nSPS) is 24.1. The van der Waals surface area contributed by atoms with Crippen LogP contribution in [0.1, 0.15) is 38.9 Å². The van der Waals surface area contributed by atoms with Crippen LogP contribution in [0.15, 0.2) is 12.3 Å². The van der Waals surface area contributed by atoms with Gasteiger partial charge in [0.15, 0.2) is 0 Å². The van der Waals surface area contributed by atoms with Gasteiger partial charge >= 0.3 is 0 Å². The lowest BCUT2D eigenvalue weighted by molar-refractivity contribution is 0.349. The van der Waals surface area contributed by atoms with Gasteiger partial charge in [-0.15, -0.1) is 0 Å². The second kappa shape index (κ2) is 3.80. The molecule has 3 heteroatoms. The molecule has 0 aliphatic heterocycles. The van der Waals surface area contributed by atoms with Crippen LogP contribution < -0.4 is 5.32 Å². The van der Waals surface area contributed by atoms with Crippen LogP contribution in [-0.2, 0) is 0 Å². The van der Waals surface area contributed by atoms with Crippen LogP contribution >= 0.6 is 0 Å². The molecule has 1 aliphatic carbocycles. The first-order valence-electron chi connectivity index (χ1n) is 5.64. The van der Waals surface area contributed by atoms with E-state index in [-0.39, 0.29) is 0 Å². The Hall–Kier alpha value is -1.12. The Morgan fingerprint density at radius 1 is 1.47 bits per heavy atom. The average Bonchev–Trinajstić information content (AvgIpc) is 2.46. The van der Waals surface area contributed by atoms with Gasteiger partial charge in [0.1, 0.15) is 11.6 Å². The number of anilines is 1. The van der Waals surface area contributed by atoms with Crippen molar-refractivity contribution in [2.45, 2.75) is 46.1 Å². The molecule has 15 heavy (non-hydrogen) atoms. The summed E-state index contributed by atoms with van der Waals surface area (Å²) in [5.41, 5.74) is 0.388. The summed E-state index contributed by atoms with van der Waals surface area (Å²) in [5, 5.41) is 3.52. The first kappa shape index (κ1) is 10.4. The summed E-state index contributed by atoms with van der Waals surface area (Å²) < 4.78 is 0. The minimum atomic E-state index is 0.388. The molecule has 3 nitrogen and oxygen atoms in total. The third kappa shape index (κ3) is 2.28. The van der Waals surface area contributed by atoms with Crippen molar-refractivity contribution in [1.82, 2.24) is 9.97 Å². The summed E-state index contributed by atoms with van der Waals surface area (Å²) in [4.78, 5) is 8.48. The summed E-state index contributed by atoms with van der Waals surface area (Å²) in [5.74, 6) is 1.79. The monoisotopic (exact) mass is 205 g/mol. The summed E-state index contributed by atoms with van der Waals surface area (Å²) in [7, 11) is 0. The van der Waals surface area contributed by atoms with Crippen LogP contribution in [0.3, 0.4) is 0 Å². The first-order chi connectivity index (χ1) is 7.08. The molecule has 1 aromatic heterocycles. The molecule has 1 atom stereocenters. The zero-order valence-corrected chi connectivity index (χ0v) is 9.75. The first-order valence-corrected chi connectivity index (χ1v) is 5.64. The van der Waals surface area contributed by atoms with Crippen molar-refractivity contribution in [3.05, 3.63) is 18.1 Å². The van der Waals surface area contributed by atoms with Crippen molar-refractivity contribution < 1.29 is 0 Å². The van der Waals surface area contributed by atoms with Crippen molar-refractivity contribution >= 4 is 5.82 Å². The van der Waals surface area contributed by atoms with Crippen LogP contribution in [0.4, 0.5) is 5.82 Å². The molecule has 2 rings (SSSR count). The zero-order valence-electron chi connectivity index (χ0n) is 9.75. The molecule has 1 saturated carbocycles. The predicted molar refractivity (Wildman–Crippen MR) is 61.8 cm³/mol. The SMILES string of the molecule is Cc1nccc(NC2CCCC2(C)C)n1. The molecule has 0 spiro atoms.